The fourth-order valence-corrected chi connectivity index (χ4v) is 1.46. The molecule has 0 spiro atoms. The number of nitrogens with two attached hydrogens (primary N) is 1. The highest BCUT2D eigenvalue weighted by Crippen LogP contribution is 2.11. The van der Waals surface area contributed by atoms with E-state index in [-0.39, 0.29) is 18.1 Å². The van der Waals surface area contributed by atoms with Gasteiger partial charge in [-0.15, -0.1) is 0 Å². The van der Waals surface area contributed by atoms with Gasteiger partial charge in [0.05, 0.1) is 12.1 Å². The molecule has 0 atom stereocenters. The number of amides is 1. The van der Waals surface area contributed by atoms with Crippen molar-refractivity contribution in [3.8, 4) is 11.8 Å². The lowest BCUT2D eigenvalue weighted by atomic mass is 10.1. The van der Waals surface area contributed by atoms with Crippen molar-refractivity contribution < 1.29 is 9.18 Å². The Morgan fingerprint density at radius 1 is 1.35 bits per heavy atom. The molecule has 1 amide bonds. The average molecular weight is 270 g/mol. The van der Waals surface area contributed by atoms with E-state index in [0.29, 0.717) is 5.56 Å². The fourth-order valence-electron chi connectivity index (χ4n) is 1.46. The number of halogens is 1. The molecule has 0 radical (unpaired) electrons. The zero-order chi connectivity index (χ0) is 14.4. The summed E-state index contributed by atoms with van der Waals surface area (Å²) in [6.07, 6.45) is 2.95. The number of nitrogens with one attached hydrogen (secondary N) is 1. The molecule has 5 nitrogen and oxygen atoms in total. The molecule has 2 aromatic rings. The summed E-state index contributed by atoms with van der Waals surface area (Å²) in [5.74, 6) is 4.13. The molecule has 0 saturated carbocycles. The summed E-state index contributed by atoms with van der Waals surface area (Å²) in [4.78, 5) is 19.5. The molecular formula is C14H11FN4O. The van der Waals surface area contributed by atoms with Crippen molar-refractivity contribution in [2.45, 2.75) is 0 Å². The van der Waals surface area contributed by atoms with E-state index >= 15 is 0 Å². The zero-order valence-corrected chi connectivity index (χ0v) is 10.4. The van der Waals surface area contributed by atoms with Crippen LogP contribution in [0.5, 0.6) is 0 Å². The first-order chi connectivity index (χ1) is 9.70. The summed E-state index contributed by atoms with van der Waals surface area (Å²) in [5, 5.41) is 2.40. The Kier molecular flexibility index (Phi) is 4.37. The number of nitrogens with zero attached hydrogens (tertiary/aromatic N) is 2. The number of rotatable bonds is 2. The Labute approximate surface area is 115 Å². The highest BCUT2D eigenvalue weighted by atomic mass is 19.1. The van der Waals surface area contributed by atoms with Gasteiger partial charge in [0, 0.05) is 18.0 Å². The van der Waals surface area contributed by atoms with Gasteiger partial charge in [-0.3, -0.25) is 10.1 Å². The van der Waals surface area contributed by atoms with Gasteiger partial charge in [-0.1, -0.05) is 11.8 Å². The number of hydrogen-bond acceptors (Lipinski definition) is 4. The molecule has 0 aliphatic carbocycles. The van der Waals surface area contributed by atoms with E-state index in [4.69, 9.17) is 5.73 Å². The van der Waals surface area contributed by atoms with Gasteiger partial charge >= 0.3 is 0 Å². The van der Waals surface area contributed by atoms with Crippen molar-refractivity contribution in [1.82, 2.24) is 9.97 Å². The van der Waals surface area contributed by atoms with Gasteiger partial charge in [-0.2, -0.15) is 0 Å². The molecule has 100 valence electrons. The Bertz CT molecular complexity index is 677. The minimum absolute atomic E-state index is 0.101. The molecule has 0 fully saturated rings. The van der Waals surface area contributed by atoms with Crippen LogP contribution < -0.4 is 11.1 Å². The third-order valence-electron chi connectivity index (χ3n) is 2.34. The first kappa shape index (κ1) is 13.6. The van der Waals surface area contributed by atoms with Crippen LogP contribution in [0.1, 0.15) is 15.9 Å². The van der Waals surface area contributed by atoms with E-state index in [0.717, 1.165) is 0 Å². The summed E-state index contributed by atoms with van der Waals surface area (Å²) in [6.45, 7) is 0.190. The second-order valence-electron chi connectivity index (χ2n) is 3.73. The quantitative estimate of drug-likeness (QED) is 0.803. The van der Waals surface area contributed by atoms with Crippen LogP contribution in [0, 0.1) is 17.7 Å². The summed E-state index contributed by atoms with van der Waals surface area (Å²) in [5.41, 5.74) is 5.59. The first-order valence-electron chi connectivity index (χ1n) is 5.77. The van der Waals surface area contributed by atoms with Crippen molar-refractivity contribution >= 4 is 11.9 Å². The Hall–Kier alpha value is -2.78. The Morgan fingerprint density at radius 2 is 2.10 bits per heavy atom. The standard InChI is InChI=1S/C14H11FN4O/c15-12-9-10(3-1-6-16)4-5-11(12)13(20)19-14-17-7-2-8-18-14/h2,4-5,7-9H,6,16H2,(H,17,18,19,20). The Balaban J connectivity index is 2.18. The number of carbonyl (C=O) groups excluding carboxylic acids is 1. The molecular weight excluding hydrogens is 259 g/mol. The summed E-state index contributed by atoms with van der Waals surface area (Å²) < 4.78 is 13.8. The van der Waals surface area contributed by atoms with Gasteiger partial charge < -0.3 is 5.73 Å². The first-order valence-corrected chi connectivity index (χ1v) is 5.77. The normalized spacial score (nSPS) is 9.50. The highest BCUT2D eigenvalue weighted by Gasteiger charge is 2.12. The van der Waals surface area contributed by atoms with E-state index in [2.05, 4.69) is 27.1 Å². The lowest BCUT2D eigenvalue weighted by Gasteiger charge is -2.04. The van der Waals surface area contributed by atoms with Crippen LogP contribution in [-0.4, -0.2) is 22.4 Å². The summed E-state index contributed by atoms with van der Waals surface area (Å²) in [7, 11) is 0. The maximum Gasteiger partial charge on any atom is 0.260 e. The van der Waals surface area contributed by atoms with Crippen molar-refractivity contribution in [3.05, 3.63) is 53.6 Å². The van der Waals surface area contributed by atoms with Crippen LogP contribution in [0.25, 0.3) is 0 Å². The fraction of sp³-hybridized carbons (Fsp3) is 0.0714. The van der Waals surface area contributed by atoms with Crippen molar-refractivity contribution in [3.63, 3.8) is 0 Å². The highest BCUT2D eigenvalue weighted by molar-refractivity contribution is 6.03. The number of anilines is 1. The molecule has 1 aromatic heterocycles. The van der Waals surface area contributed by atoms with Crippen LogP contribution in [0.4, 0.5) is 10.3 Å². The van der Waals surface area contributed by atoms with Crippen LogP contribution in [0.3, 0.4) is 0 Å². The van der Waals surface area contributed by atoms with Crippen molar-refractivity contribution in [1.29, 1.82) is 0 Å². The molecule has 20 heavy (non-hydrogen) atoms. The van der Waals surface area contributed by atoms with E-state index in [1.165, 1.54) is 24.5 Å². The topological polar surface area (TPSA) is 80.9 Å². The number of carbonyl (C=O) groups is 1. The Morgan fingerprint density at radius 3 is 2.75 bits per heavy atom. The van der Waals surface area contributed by atoms with E-state index < -0.39 is 11.7 Å². The zero-order valence-electron chi connectivity index (χ0n) is 10.4. The van der Waals surface area contributed by atoms with E-state index in [9.17, 15) is 9.18 Å². The third kappa shape index (κ3) is 3.37. The smallest absolute Gasteiger partial charge is 0.260 e. The number of aromatic nitrogens is 2. The molecule has 0 aliphatic heterocycles. The van der Waals surface area contributed by atoms with Crippen LogP contribution in [-0.2, 0) is 0 Å². The molecule has 3 N–H and O–H groups in total. The van der Waals surface area contributed by atoms with Gasteiger partial charge in [-0.05, 0) is 24.3 Å². The largest absolute Gasteiger partial charge is 0.320 e. The molecule has 2 rings (SSSR count). The third-order valence-corrected chi connectivity index (χ3v) is 2.34. The van der Waals surface area contributed by atoms with Gasteiger partial charge in [0.25, 0.3) is 5.91 Å². The second-order valence-corrected chi connectivity index (χ2v) is 3.73. The van der Waals surface area contributed by atoms with Gasteiger partial charge in [0.2, 0.25) is 5.95 Å². The van der Waals surface area contributed by atoms with Crippen LogP contribution in [0.15, 0.2) is 36.7 Å². The van der Waals surface area contributed by atoms with Gasteiger partial charge in [0.1, 0.15) is 5.82 Å². The van der Waals surface area contributed by atoms with Gasteiger partial charge in [0.15, 0.2) is 0 Å². The molecule has 0 bridgehead atoms. The molecule has 1 heterocycles. The van der Waals surface area contributed by atoms with Crippen molar-refractivity contribution in [2.24, 2.45) is 5.73 Å². The molecule has 0 saturated heterocycles. The molecule has 1 aromatic carbocycles. The maximum absolute atomic E-state index is 13.8. The predicted molar refractivity (Wildman–Crippen MR) is 72.3 cm³/mol. The van der Waals surface area contributed by atoms with E-state index in [1.54, 1.807) is 12.1 Å². The lowest BCUT2D eigenvalue weighted by molar-refractivity contribution is 0.102. The summed E-state index contributed by atoms with van der Waals surface area (Å²) >= 11 is 0. The van der Waals surface area contributed by atoms with Crippen molar-refractivity contribution in [2.75, 3.05) is 11.9 Å². The van der Waals surface area contributed by atoms with Gasteiger partial charge in [-0.25, -0.2) is 14.4 Å². The predicted octanol–water partition coefficient (Wildman–Crippen LogP) is 1.18. The molecule has 6 heteroatoms. The van der Waals surface area contributed by atoms with Crippen LogP contribution >= 0.6 is 0 Å². The molecule has 0 unspecified atom stereocenters. The molecule has 0 aliphatic rings. The average Bonchev–Trinajstić information content (AvgIpc) is 2.46. The van der Waals surface area contributed by atoms with Crippen LogP contribution in [0.2, 0.25) is 0 Å². The summed E-state index contributed by atoms with van der Waals surface area (Å²) in [6, 6.07) is 5.70. The number of benzene rings is 1. The SMILES string of the molecule is NCC#Cc1ccc(C(=O)Nc2ncccn2)c(F)c1. The second kappa shape index (κ2) is 6.41. The maximum atomic E-state index is 13.8. The minimum Gasteiger partial charge on any atom is -0.320 e. The lowest BCUT2D eigenvalue weighted by Crippen LogP contribution is -2.15. The number of hydrogen-bond donors (Lipinski definition) is 2. The van der Waals surface area contributed by atoms with E-state index in [1.807, 2.05) is 0 Å². The minimum atomic E-state index is -0.665. The monoisotopic (exact) mass is 270 g/mol.